The summed E-state index contributed by atoms with van der Waals surface area (Å²) in [7, 11) is 2.05. The van der Waals surface area contributed by atoms with Gasteiger partial charge in [0.2, 0.25) is 0 Å². The van der Waals surface area contributed by atoms with Gasteiger partial charge in [0, 0.05) is 10.5 Å². The zero-order valence-corrected chi connectivity index (χ0v) is 11.2. The average Bonchev–Trinajstić information content (AvgIpc) is 2.26. The maximum atomic E-state index is 3.59. The predicted molar refractivity (Wildman–Crippen MR) is 70.2 cm³/mol. The van der Waals surface area contributed by atoms with Gasteiger partial charge in [0.05, 0.1) is 0 Å². The first-order valence-electron chi connectivity index (χ1n) is 5.68. The lowest BCUT2D eigenvalue weighted by molar-refractivity contribution is 0.498. The average molecular weight is 270 g/mol. The van der Waals surface area contributed by atoms with Crippen molar-refractivity contribution in [1.29, 1.82) is 0 Å². The van der Waals surface area contributed by atoms with Crippen LogP contribution in [-0.2, 0) is 6.42 Å². The Bertz CT molecular complexity index is 286. The van der Waals surface area contributed by atoms with Crippen LogP contribution in [0.4, 0.5) is 0 Å². The van der Waals surface area contributed by atoms with Gasteiger partial charge in [-0.2, -0.15) is 0 Å². The van der Waals surface area contributed by atoms with Crippen LogP contribution in [0.3, 0.4) is 0 Å². The number of hydrogen-bond donors (Lipinski definition) is 1. The van der Waals surface area contributed by atoms with E-state index in [1.165, 1.54) is 29.3 Å². The van der Waals surface area contributed by atoms with Crippen LogP contribution in [0.25, 0.3) is 0 Å². The largest absolute Gasteiger partial charge is 0.317 e. The van der Waals surface area contributed by atoms with Crippen LogP contribution < -0.4 is 5.32 Å². The van der Waals surface area contributed by atoms with Crippen LogP contribution in [0.1, 0.15) is 31.7 Å². The van der Waals surface area contributed by atoms with Crippen molar-refractivity contribution < 1.29 is 0 Å². The Kier molecular flexibility index (Phi) is 5.96. The first-order chi connectivity index (χ1) is 7.27. The highest BCUT2D eigenvalue weighted by Crippen LogP contribution is 2.18. The highest BCUT2D eigenvalue weighted by atomic mass is 79.9. The third-order valence-corrected chi connectivity index (χ3v) is 3.51. The predicted octanol–water partition coefficient (Wildman–Crippen LogP) is 3.77. The second kappa shape index (κ2) is 7.02. The van der Waals surface area contributed by atoms with E-state index in [0.29, 0.717) is 6.04 Å². The zero-order valence-electron chi connectivity index (χ0n) is 9.59. The minimum atomic E-state index is 0.601. The summed E-state index contributed by atoms with van der Waals surface area (Å²) in [5.74, 6) is 0. The van der Waals surface area contributed by atoms with Crippen molar-refractivity contribution in [2.45, 2.75) is 38.6 Å². The molecule has 1 atom stereocenters. The fourth-order valence-electron chi connectivity index (χ4n) is 1.73. The van der Waals surface area contributed by atoms with Gasteiger partial charge in [-0.1, -0.05) is 53.9 Å². The molecule has 0 spiro atoms. The van der Waals surface area contributed by atoms with Crippen LogP contribution in [0.5, 0.6) is 0 Å². The molecule has 0 aliphatic rings. The van der Waals surface area contributed by atoms with Gasteiger partial charge in [-0.3, -0.25) is 0 Å². The molecule has 0 bridgehead atoms. The molecular weight excluding hydrogens is 250 g/mol. The summed E-state index contributed by atoms with van der Waals surface area (Å²) in [6.45, 7) is 2.24. The van der Waals surface area contributed by atoms with Crippen LogP contribution in [0.15, 0.2) is 28.7 Å². The van der Waals surface area contributed by atoms with Gasteiger partial charge < -0.3 is 5.32 Å². The van der Waals surface area contributed by atoms with Crippen molar-refractivity contribution in [3.63, 3.8) is 0 Å². The number of rotatable bonds is 6. The van der Waals surface area contributed by atoms with Crippen molar-refractivity contribution >= 4 is 15.9 Å². The molecule has 0 aliphatic carbocycles. The third-order valence-electron chi connectivity index (χ3n) is 2.74. The molecule has 1 unspecified atom stereocenters. The first-order valence-corrected chi connectivity index (χ1v) is 6.48. The minimum absolute atomic E-state index is 0.601. The second-order valence-corrected chi connectivity index (χ2v) is 4.78. The number of hydrogen-bond acceptors (Lipinski definition) is 1. The number of halogens is 1. The fourth-order valence-corrected chi connectivity index (χ4v) is 2.18. The first kappa shape index (κ1) is 12.7. The fraction of sp³-hybridized carbons (Fsp3) is 0.538. The van der Waals surface area contributed by atoms with E-state index in [4.69, 9.17) is 0 Å². The number of nitrogens with one attached hydrogen (secondary N) is 1. The van der Waals surface area contributed by atoms with E-state index in [0.717, 1.165) is 6.42 Å². The summed E-state index contributed by atoms with van der Waals surface area (Å²) in [4.78, 5) is 0. The van der Waals surface area contributed by atoms with Crippen LogP contribution >= 0.6 is 15.9 Å². The van der Waals surface area contributed by atoms with E-state index in [1.807, 2.05) is 0 Å². The van der Waals surface area contributed by atoms with Crippen molar-refractivity contribution in [2.75, 3.05) is 7.05 Å². The molecule has 0 amide bonds. The highest BCUT2D eigenvalue weighted by molar-refractivity contribution is 9.10. The van der Waals surface area contributed by atoms with E-state index in [1.54, 1.807) is 0 Å². The SMILES string of the molecule is CCCCC(Cc1ccccc1Br)NC. The third kappa shape index (κ3) is 4.35. The quantitative estimate of drug-likeness (QED) is 0.829. The molecular formula is C13H20BrN. The second-order valence-electron chi connectivity index (χ2n) is 3.92. The molecule has 0 aliphatic heterocycles. The molecule has 1 N–H and O–H groups in total. The molecule has 0 aromatic heterocycles. The number of likely N-dealkylation sites (N-methyl/N-ethyl adjacent to an activating group) is 1. The van der Waals surface area contributed by atoms with Gasteiger partial charge in [0.15, 0.2) is 0 Å². The number of benzene rings is 1. The summed E-state index contributed by atoms with van der Waals surface area (Å²) in [6, 6.07) is 9.08. The Morgan fingerprint density at radius 1 is 1.33 bits per heavy atom. The standard InChI is InChI=1S/C13H20BrN/c1-3-4-8-12(15-2)10-11-7-5-6-9-13(11)14/h5-7,9,12,15H,3-4,8,10H2,1-2H3. The molecule has 0 saturated heterocycles. The lowest BCUT2D eigenvalue weighted by Gasteiger charge is -2.16. The summed E-state index contributed by atoms with van der Waals surface area (Å²) in [5, 5.41) is 3.39. The maximum Gasteiger partial charge on any atom is 0.0207 e. The molecule has 15 heavy (non-hydrogen) atoms. The molecule has 1 nitrogen and oxygen atoms in total. The summed E-state index contributed by atoms with van der Waals surface area (Å²) < 4.78 is 1.22. The van der Waals surface area contributed by atoms with E-state index in [-0.39, 0.29) is 0 Å². The van der Waals surface area contributed by atoms with Crippen molar-refractivity contribution in [3.05, 3.63) is 34.3 Å². The van der Waals surface area contributed by atoms with Gasteiger partial charge in [-0.25, -0.2) is 0 Å². The molecule has 1 rings (SSSR count). The van der Waals surface area contributed by atoms with Crippen molar-refractivity contribution in [3.8, 4) is 0 Å². The van der Waals surface area contributed by atoms with Crippen LogP contribution in [0, 0.1) is 0 Å². The minimum Gasteiger partial charge on any atom is -0.317 e. The Hall–Kier alpha value is -0.340. The summed E-state index contributed by atoms with van der Waals surface area (Å²) in [6.07, 6.45) is 4.94. The van der Waals surface area contributed by atoms with E-state index < -0.39 is 0 Å². The Balaban J connectivity index is 2.54. The lowest BCUT2D eigenvalue weighted by Crippen LogP contribution is -2.27. The zero-order chi connectivity index (χ0) is 11.1. The maximum absolute atomic E-state index is 3.59. The van der Waals surface area contributed by atoms with Gasteiger partial charge in [0.1, 0.15) is 0 Å². The topological polar surface area (TPSA) is 12.0 Å². The van der Waals surface area contributed by atoms with Gasteiger partial charge in [0.25, 0.3) is 0 Å². The summed E-state index contributed by atoms with van der Waals surface area (Å²) >= 11 is 3.59. The summed E-state index contributed by atoms with van der Waals surface area (Å²) in [5.41, 5.74) is 1.40. The Labute approximate surface area is 101 Å². The van der Waals surface area contributed by atoms with Gasteiger partial charge in [-0.05, 0) is 31.5 Å². The van der Waals surface area contributed by atoms with E-state index in [9.17, 15) is 0 Å². The normalized spacial score (nSPS) is 12.7. The lowest BCUT2D eigenvalue weighted by atomic mass is 10.0. The van der Waals surface area contributed by atoms with Crippen LogP contribution in [-0.4, -0.2) is 13.1 Å². The van der Waals surface area contributed by atoms with Crippen LogP contribution in [0.2, 0.25) is 0 Å². The molecule has 1 aromatic carbocycles. The Morgan fingerprint density at radius 2 is 2.07 bits per heavy atom. The highest BCUT2D eigenvalue weighted by Gasteiger charge is 2.08. The van der Waals surface area contributed by atoms with Gasteiger partial charge >= 0.3 is 0 Å². The molecule has 0 saturated carbocycles. The molecule has 0 fully saturated rings. The van der Waals surface area contributed by atoms with E-state index in [2.05, 4.69) is 59.5 Å². The van der Waals surface area contributed by atoms with Crippen molar-refractivity contribution in [2.24, 2.45) is 0 Å². The molecule has 84 valence electrons. The van der Waals surface area contributed by atoms with Gasteiger partial charge in [-0.15, -0.1) is 0 Å². The molecule has 2 heteroatoms. The monoisotopic (exact) mass is 269 g/mol. The molecule has 0 heterocycles. The van der Waals surface area contributed by atoms with Crippen molar-refractivity contribution in [1.82, 2.24) is 5.32 Å². The van der Waals surface area contributed by atoms with E-state index >= 15 is 0 Å². The Morgan fingerprint density at radius 3 is 2.67 bits per heavy atom. The smallest absolute Gasteiger partial charge is 0.0207 e. The molecule has 1 aromatic rings. The number of unbranched alkanes of at least 4 members (excludes halogenated alkanes) is 1. The molecule has 0 radical (unpaired) electrons.